The zero-order valence-electron chi connectivity index (χ0n) is 13.9. The zero-order valence-corrected chi connectivity index (χ0v) is 13.9. The van der Waals surface area contributed by atoms with Crippen LogP contribution in [0.3, 0.4) is 0 Å². The maximum Gasteiger partial charge on any atom is 0.336 e. The van der Waals surface area contributed by atoms with E-state index in [0.29, 0.717) is 11.5 Å². The maximum absolute atomic E-state index is 12.3. The Morgan fingerprint density at radius 2 is 1.62 bits per heavy atom. The number of ketones is 1. The first-order valence-electron chi connectivity index (χ1n) is 8.02. The maximum atomic E-state index is 12.3. The summed E-state index contributed by atoms with van der Waals surface area (Å²) >= 11 is 0. The number of hydrogen-bond acceptors (Lipinski definition) is 5. The van der Waals surface area contributed by atoms with Crippen LogP contribution in [0.1, 0.15) is 38.7 Å². The van der Waals surface area contributed by atoms with Crippen LogP contribution in [0.5, 0.6) is 0 Å². The summed E-state index contributed by atoms with van der Waals surface area (Å²) in [6.45, 7) is 3.38. The highest BCUT2D eigenvalue weighted by molar-refractivity contribution is 6.01. The molecule has 24 heavy (non-hydrogen) atoms. The fraction of sp³-hybridized carbons (Fsp3) is 0.444. The Bertz CT molecular complexity index is 624. The Hall–Kier alpha value is -2.50. The summed E-state index contributed by atoms with van der Waals surface area (Å²) < 4.78 is 0. The van der Waals surface area contributed by atoms with Crippen LogP contribution in [0.2, 0.25) is 0 Å². The van der Waals surface area contributed by atoms with Gasteiger partial charge in [-0.3, -0.25) is 14.4 Å². The number of Topliss-reactive ketones (excluding diaryl/α,β-unsaturated/α-hetero) is 1. The highest BCUT2D eigenvalue weighted by atomic mass is 16.7. The van der Waals surface area contributed by atoms with Crippen LogP contribution < -0.4 is 0 Å². The van der Waals surface area contributed by atoms with E-state index >= 15 is 0 Å². The van der Waals surface area contributed by atoms with Gasteiger partial charge in [-0.05, 0) is 12.0 Å². The molecule has 1 saturated heterocycles. The number of imide groups is 1. The van der Waals surface area contributed by atoms with Crippen molar-refractivity contribution in [2.24, 2.45) is 11.8 Å². The number of carbonyl (C=O) groups excluding carboxylic acids is 4. The largest absolute Gasteiger partial charge is 0.336 e. The van der Waals surface area contributed by atoms with Gasteiger partial charge >= 0.3 is 5.97 Å². The summed E-state index contributed by atoms with van der Waals surface area (Å²) in [6, 6.07) is 9.64. The zero-order chi connectivity index (χ0) is 17.7. The van der Waals surface area contributed by atoms with E-state index in [1.165, 1.54) is 0 Å². The van der Waals surface area contributed by atoms with Gasteiger partial charge in [-0.25, -0.2) is 4.79 Å². The van der Waals surface area contributed by atoms with Crippen molar-refractivity contribution >= 4 is 23.6 Å². The summed E-state index contributed by atoms with van der Waals surface area (Å²) in [5, 5.41) is 0.511. The third-order valence-electron chi connectivity index (χ3n) is 4.03. The van der Waals surface area contributed by atoms with Gasteiger partial charge in [0.05, 0.1) is 5.92 Å². The second kappa shape index (κ2) is 7.86. The Labute approximate surface area is 140 Å². The van der Waals surface area contributed by atoms with Gasteiger partial charge in [0, 0.05) is 25.2 Å². The molecular weight excluding hydrogens is 310 g/mol. The average molecular weight is 331 g/mol. The van der Waals surface area contributed by atoms with Gasteiger partial charge in [0.15, 0.2) is 0 Å². The first-order chi connectivity index (χ1) is 11.4. The summed E-state index contributed by atoms with van der Waals surface area (Å²) in [6.07, 6.45) is 0.717. The van der Waals surface area contributed by atoms with Crippen LogP contribution >= 0.6 is 0 Å². The molecule has 2 amide bonds. The van der Waals surface area contributed by atoms with Crippen LogP contribution in [0.4, 0.5) is 0 Å². The van der Waals surface area contributed by atoms with E-state index in [-0.39, 0.29) is 31.0 Å². The monoisotopic (exact) mass is 331 g/mol. The molecule has 0 unspecified atom stereocenters. The molecular formula is C18H21NO5. The highest BCUT2D eigenvalue weighted by Crippen LogP contribution is 2.18. The normalized spacial score (nSPS) is 16.8. The molecule has 0 aliphatic carbocycles. The lowest BCUT2D eigenvalue weighted by atomic mass is 9.91. The van der Waals surface area contributed by atoms with Crippen LogP contribution in [-0.2, 0) is 30.4 Å². The minimum Gasteiger partial charge on any atom is -0.330 e. The first kappa shape index (κ1) is 17.8. The molecule has 0 saturated carbocycles. The van der Waals surface area contributed by atoms with Gasteiger partial charge in [-0.15, -0.1) is 5.06 Å². The van der Waals surface area contributed by atoms with Crippen molar-refractivity contribution in [1.82, 2.24) is 5.06 Å². The molecule has 1 aromatic rings. The van der Waals surface area contributed by atoms with Gasteiger partial charge in [-0.2, -0.15) is 0 Å². The lowest BCUT2D eigenvalue weighted by molar-refractivity contribution is -0.200. The number of hydrogen-bond donors (Lipinski definition) is 0. The van der Waals surface area contributed by atoms with Crippen LogP contribution in [0.15, 0.2) is 30.3 Å². The summed E-state index contributed by atoms with van der Waals surface area (Å²) in [5.41, 5.74) is 1.06. The Morgan fingerprint density at radius 3 is 2.21 bits per heavy atom. The van der Waals surface area contributed by atoms with Gasteiger partial charge < -0.3 is 4.84 Å². The molecule has 1 aliphatic rings. The van der Waals surface area contributed by atoms with E-state index < -0.39 is 23.7 Å². The second-order valence-corrected chi connectivity index (χ2v) is 6.15. The number of amides is 2. The fourth-order valence-corrected chi connectivity index (χ4v) is 2.51. The van der Waals surface area contributed by atoms with Crippen molar-refractivity contribution in [2.45, 2.75) is 39.5 Å². The van der Waals surface area contributed by atoms with Crippen molar-refractivity contribution in [2.75, 3.05) is 0 Å². The van der Waals surface area contributed by atoms with E-state index in [1.54, 1.807) is 6.92 Å². The van der Waals surface area contributed by atoms with E-state index in [2.05, 4.69) is 0 Å². The Morgan fingerprint density at radius 1 is 1.04 bits per heavy atom. The smallest absolute Gasteiger partial charge is 0.330 e. The van der Waals surface area contributed by atoms with E-state index in [0.717, 1.165) is 5.56 Å². The molecule has 6 nitrogen and oxygen atoms in total. The number of nitrogens with zero attached hydrogens (tertiary/aromatic N) is 1. The molecule has 0 bridgehead atoms. The molecule has 0 spiro atoms. The molecule has 2 atom stereocenters. The predicted octanol–water partition coefficient (Wildman–Crippen LogP) is 2.07. The molecule has 128 valence electrons. The molecule has 0 radical (unpaired) electrons. The Kier molecular flexibility index (Phi) is 5.84. The molecule has 1 fully saturated rings. The van der Waals surface area contributed by atoms with E-state index in [4.69, 9.17) is 4.84 Å². The SMILES string of the molecule is C[C@@H](Cc1ccccc1)C(=O)C[C@H](C)C(=O)ON1C(=O)CCC1=O. The van der Waals surface area contributed by atoms with Crippen molar-refractivity contribution in [3.05, 3.63) is 35.9 Å². The van der Waals surface area contributed by atoms with Crippen LogP contribution in [0, 0.1) is 11.8 Å². The predicted molar refractivity (Wildman–Crippen MR) is 85.3 cm³/mol. The number of rotatable bonds is 7. The Balaban J connectivity index is 1.85. The lowest BCUT2D eigenvalue weighted by Gasteiger charge is -2.17. The molecule has 0 N–H and O–H groups in total. The van der Waals surface area contributed by atoms with Gasteiger partial charge in [0.25, 0.3) is 11.8 Å². The van der Waals surface area contributed by atoms with E-state index in [1.807, 2.05) is 37.3 Å². The van der Waals surface area contributed by atoms with Crippen molar-refractivity contribution < 1.29 is 24.0 Å². The molecule has 0 aromatic heterocycles. The number of carbonyl (C=O) groups is 4. The average Bonchev–Trinajstić information content (AvgIpc) is 2.87. The number of hydroxylamine groups is 2. The molecule has 1 aliphatic heterocycles. The van der Waals surface area contributed by atoms with Gasteiger partial charge in [0.2, 0.25) is 0 Å². The second-order valence-electron chi connectivity index (χ2n) is 6.15. The van der Waals surface area contributed by atoms with Gasteiger partial charge in [0.1, 0.15) is 5.78 Å². The molecule has 2 rings (SSSR count). The van der Waals surface area contributed by atoms with Crippen molar-refractivity contribution in [3.8, 4) is 0 Å². The first-order valence-corrected chi connectivity index (χ1v) is 8.02. The van der Waals surface area contributed by atoms with Crippen LogP contribution in [-0.4, -0.2) is 28.6 Å². The summed E-state index contributed by atoms with van der Waals surface area (Å²) in [7, 11) is 0. The minimum atomic E-state index is -0.737. The molecule has 1 aromatic carbocycles. The standard InChI is InChI=1S/C18H21NO5/c1-12(10-14-6-4-3-5-7-14)15(20)11-13(2)18(23)24-19-16(21)8-9-17(19)22/h3-7,12-13H,8-11H2,1-2H3/t12-,13-/m0/s1. The highest BCUT2D eigenvalue weighted by Gasteiger charge is 2.34. The topological polar surface area (TPSA) is 80.8 Å². The summed E-state index contributed by atoms with van der Waals surface area (Å²) in [4.78, 5) is 52.0. The van der Waals surface area contributed by atoms with Gasteiger partial charge in [-0.1, -0.05) is 44.2 Å². The van der Waals surface area contributed by atoms with Crippen molar-refractivity contribution in [1.29, 1.82) is 0 Å². The molecule has 1 heterocycles. The quantitative estimate of drug-likeness (QED) is 0.715. The van der Waals surface area contributed by atoms with E-state index in [9.17, 15) is 19.2 Å². The molecule has 6 heteroatoms. The minimum absolute atomic E-state index is 0.0169. The number of benzene rings is 1. The third-order valence-corrected chi connectivity index (χ3v) is 4.03. The lowest BCUT2D eigenvalue weighted by Crippen LogP contribution is -2.34. The van der Waals surface area contributed by atoms with Crippen LogP contribution in [0.25, 0.3) is 0 Å². The third kappa shape index (κ3) is 4.50. The summed E-state index contributed by atoms with van der Waals surface area (Å²) in [5.74, 6) is -2.77. The fourth-order valence-electron chi connectivity index (χ4n) is 2.51. The van der Waals surface area contributed by atoms with Crippen molar-refractivity contribution in [3.63, 3.8) is 0 Å².